The largest absolute Gasteiger partial charge is 0.312 e. The molecule has 0 atom stereocenters. The summed E-state index contributed by atoms with van der Waals surface area (Å²) in [5.74, 6) is 0.541. The Bertz CT molecular complexity index is 357. The summed E-state index contributed by atoms with van der Waals surface area (Å²) in [4.78, 5) is 1.29. The maximum Gasteiger partial charge on any atom is 0.150 e. The van der Waals surface area contributed by atoms with E-state index in [1.165, 1.54) is 4.88 Å². The van der Waals surface area contributed by atoms with Gasteiger partial charge in [0.2, 0.25) is 0 Å². The van der Waals surface area contributed by atoms with Crippen LogP contribution in [0.3, 0.4) is 0 Å². The first kappa shape index (κ1) is 12.7. The van der Waals surface area contributed by atoms with Crippen LogP contribution in [-0.2, 0) is 16.4 Å². The van der Waals surface area contributed by atoms with Gasteiger partial charge in [0, 0.05) is 17.2 Å². The van der Waals surface area contributed by atoms with Gasteiger partial charge in [-0.15, -0.1) is 11.3 Å². The number of hydrogen-bond acceptors (Lipinski definition) is 4. The lowest BCUT2D eigenvalue weighted by molar-refractivity contribution is 0.590. The Balaban J connectivity index is 2.08. The Morgan fingerprint density at radius 2 is 2.27 bits per heavy atom. The van der Waals surface area contributed by atoms with Crippen LogP contribution in [-0.4, -0.2) is 26.5 Å². The van der Waals surface area contributed by atoms with Crippen LogP contribution in [0, 0.1) is 0 Å². The Morgan fingerprint density at radius 1 is 1.47 bits per heavy atom. The van der Waals surface area contributed by atoms with Gasteiger partial charge in [-0.05, 0) is 24.4 Å². The molecule has 0 spiro atoms. The van der Waals surface area contributed by atoms with Crippen LogP contribution in [0.1, 0.15) is 18.2 Å². The number of sulfone groups is 1. The van der Waals surface area contributed by atoms with E-state index >= 15 is 0 Å². The Hall–Kier alpha value is -0.390. The molecule has 5 heteroatoms. The normalized spacial score (nSPS) is 11.8. The SMILES string of the molecule is CCS(=O)(=O)CCCNCc1cccs1. The van der Waals surface area contributed by atoms with Gasteiger partial charge in [-0.2, -0.15) is 0 Å². The summed E-state index contributed by atoms with van der Waals surface area (Å²) in [6.07, 6.45) is 0.696. The summed E-state index contributed by atoms with van der Waals surface area (Å²) < 4.78 is 22.3. The topological polar surface area (TPSA) is 46.2 Å². The molecule has 15 heavy (non-hydrogen) atoms. The molecule has 0 bridgehead atoms. The van der Waals surface area contributed by atoms with Gasteiger partial charge in [0.1, 0.15) is 9.84 Å². The highest BCUT2D eigenvalue weighted by atomic mass is 32.2. The third-order valence-corrected chi connectivity index (χ3v) is 4.79. The van der Waals surface area contributed by atoms with Crippen LogP contribution in [0.2, 0.25) is 0 Å². The number of thiophene rings is 1. The molecule has 3 nitrogen and oxygen atoms in total. The molecule has 0 saturated heterocycles. The maximum absolute atomic E-state index is 11.2. The summed E-state index contributed by atoms with van der Waals surface area (Å²) in [7, 11) is -2.79. The molecule has 1 aromatic heterocycles. The molecule has 0 amide bonds. The van der Waals surface area contributed by atoms with Crippen molar-refractivity contribution in [1.29, 1.82) is 0 Å². The fraction of sp³-hybridized carbons (Fsp3) is 0.600. The summed E-state index contributed by atoms with van der Waals surface area (Å²) >= 11 is 1.71. The predicted octanol–water partition coefficient (Wildman–Crippen LogP) is 1.66. The van der Waals surface area contributed by atoms with Crippen LogP contribution in [0.4, 0.5) is 0 Å². The molecule has 1 N–H and O–H groups in total. The van der Waals surface area contributed by atoms with Gasteiger partial charge in [0.15, 0.2) is 0 Å². The molecule has 1 heterocycles. The van der Waals surface area contributed by atoms with Crippen LogP contribution in [0.5, 0.6) is 0 Å². The van der Waals surface area contributed by atoms with E-state index in [1.807, 2.05) is 11.4 Å². The van der Waals surface area contributed by atoms with Crippen molar-refractivity contribution in [2.45, 2.75) is 19.9 Å². The van der Waals surface area contributed by atoms with E-state index in [9.17, 15) is 8.42 Å². The van der Waals surface area contributed by atoms with Gasteiger partial charge in [0.25, 0.3) is 0 Å². The van der Waals surface area contributed by atoms with Crippen molar-refractivity contribution in [2.24, 2.45) is 0 Å². The minimum absolute atomic E-state index is 0.248. The fourth-order valence-corrected chi connectivity index (χ4v) is 2.73. The van der Waals surface area contributed by atoms with Crippen molar-refractivity contribution in [2.75, 3.05) is 18.1 Å². The van der Waals surface area contributed by atoms with E-state index in [0.717, 1.165) is 13.1 Å². The Morgan fingerprint density at radius 3 is 2.87 bits per heavy atom. The molecule has 0 aliphatic rings. The third kappa shape index (κ3) is 5.30. The van der Waals surface area contributed by atoms with E-state index in [1.54, 1.807) is 18.3 Å². The summed E-state index contributed by atoms with van der Waals surface area (Å²) in [6, 6.07) is 4.09. The second kappa shape index (κ2) is 6.25. The minimum atomic E-state index is -2.79. The lowest BCUT2D eigenvalue weighted by atomic mass is 10.4. The van der Waals surface area contributed by atoms with Crippen LogP contribution < -0.4 is 5.32 Å². The van der Waals surface area contributed by atoms with Crippen molar-refractivity contribution in [1.82, 2.24) is 5.32 Å². The van der Waals surface area contributed by atoms with Gasteiger partial charge in [-0.25, -0.2) is 8.42 Å². The monoisotopic (exact) mass is 247 g/mol. The van der Waals surface area contributed by atoms with E-state index in [2.05, 4.69) is 11.4 Å². The van der Waals surface area contributed by atoms with Crippen LogP contribution >= 0.6 is 11.3 Å². The zero-order chi connectivity index (χ0) is 11.1. The van der Waals surface area contributed by atoms with E-state index in [-0.39, 0.29) is 5.75 Å². The molecule has 0 unspecified atom stereocenters. The molecule has 0 aromatic carbocycles. The number of rotatable bonds is 7. The second-order valence-corrected chi connectivity index (χ2v) is 6.85. The average molecular weight is 247 g/mol. The molecule has 86 valence electrons. The van der Waals surface area contributed by atoms with Crippen LogP contribution in [0.25, 0.3) is 0 Å². The van der Waals surface area contributed by atoms with Gasteiger partial charge < -0.3 is 5.32 Å². The maximum atomic E-state index is 11.2. The first-order chi connectivity index (χ1) is 7.14. The molecule has 0 aliphatic heterocycles. The van der Waals surface area contributed by atoms with Crippen molar-refractivity contribution >= 4 is 21.2 Å². The second-order valence-electron chi connectivity index (χ2n) is 3.35. The summed E-state index contributed by atoms with van der Waals surface area (Å²) in [5.41, 5.74) is 0. The standard InChI is InChI=1S/C10H17NO2S2/c1-2-15(12,13)8-4-6-11-9-10-5-3-7-14-10/h3,5,7,11H,2,4,6,8-9H2,1H3. The van der Waals surface area contributed by atoms with Gasteiger partial charge >= 0.3 is 0 Å². The van der Waals surface area contributed by atoms with Gasteiger partial charge in [-0.1, -0.05) is 13.0 Å². The zero-order valence-corrected chi connectivity index (χ0v) is 10.5. The first-order valence-electron chi connectivity index (χ1n) is 5.07. The Kier molecular flexibility index (Phi) is 5.28. The van der Waals surface area contributed by atoms with Crippen molar-refractivity contribution in [3.63, 3.8) is 0 Å². The lowest BCUT2D eigenvalue weighted by Gasteiger charge is -2.03. The average Bonchev–Trinajstić information content (AvgIpc) is 2.70. The smallest absolute Gasteiger partial charge is 0.150 e. The lowest BCUT2D eigenvalue weighted by Crippen LogP contribution is -2.18. The molecule has 0 aliphatic carbocycles. The molecule has 0 fully saturated rings. The summed E-state index contributed by atoms with van der Waals surface area (Å²) in [6.45, 7) is 3.29. The highest BCUT2D eigenvalue weighted by molar-refractivity contribution is 7.91. The van der Waals surface area contributed by atoms with Crippen LogP contribution in [0.15, 0.2) is 17.5 Å². The number of hydrogen-bond donors (Lipinski definition) is 1. The molecular weight excluding hydrogens is 230 g/mol. The van der Waals surface area contributed by atoms with Crippen molar-refractivity contribution < 1.29 is 8.42 Å². The zero-order valence-electron chi connectivity index (χ0n) is 8.90. The van der Waals surface area contributed by atoms with Gasteiger partial charge in [0.05, 0.1) is 5.75 Å². The highest BCUT2D eigenvalue weighted by Gasteiger charge is 2.05. The first-order valence-corrected chi connectivity index (χ1v) is 7.77. The molecule has 0 saturated carbocycles. The quantitative estimate of drug-likeness (QED) is 0.745. The van der Waals surface area contributed by atoms with E-state index < -0.39 is 9.84 Å². The van der Waals surface area contributed by atoms with Crippen molar-refractivity contribution in [3.05, 3.63) is 22.4 Å². The third-order valence-electron chi connectivity index (χ3n) is 2.13. The summed E-state index contributed by atoms with van der Waals surface area (Å²) in [5, 5.41) is 5.27. The van der Waals surface area contributed by atoms with Crippen molar-refractivity contribution in [3.8, 4) is 0 Å². The Labute approximate surface area is 95.4 Å². The number of nitrogens with one attached hydrogen (secondary N) is 1. The van der Waals surface area contributed by atoms with E-state index in [0.29, 0.717) is 12.2 Å². The molecule has 1 aromatic rings. The predicted molar refractivity (Wildman–Crippen MR) is 65.0 cm³/mol. The van der Waals surface area contributed by atoms with E-state index in [4.69, 9.17) is 0 Å². The fourth-order valence-electron chi connectivity index (χ4n) is 1.19. The molecular formula is C10H17NO2S2. The highest BCUT2D eigenvalue weighted by Crippen LogP contribution is 2.07. The minimum Gasteiger partial charge on any atom is -0.312 e. The van der Waals surface area contributed by atoms with Gasteiger partial charge in [-0.3, -0.25) is 0 Å². The molecule has 1 rings (SSSR count). The molecule has 0 radical (unpaired) electrons.